The number of benzene rings is 1. The van der Waals surface area contributed by atoms with Crippen LogP contribution in [0.3, 0.4) is 0 Å². The van der Waals surface area contributed by atoms with Gasteiger partial charge in [0, 0.05) is 39.3 Å². The van der Waals surface area contributed by atoms with Crippen molar-refractivity contribution in [3.63, 3.8) is 0 Å². The number of guanidine groups is 1. The van der Waals surface area contributed by atoms with E-state index in [2.05, 4.69) is 40.2 Å². The van der Waals surface area contributed by atoms with E-state index in [0.717, 1.165) is 77.0 Å². The Morgan fingerprint density at radius 3 is 2.74 bits per heavy atom. The van der Waals surface area contributed by atoms with Gasteiger partial charge in [-0.15, -0.1) is 0 Å². The minimum absolute atomic E-state index is 0.754. The first-order valence-electron chi connectivity index (χ1n) is 9.98. The highest BCUT2D eigenvalue weighted by atomic mass is 16.5. The second kappa shape index (κ2) is 10.2. The van der Waals surface area contributed by atoms with Gasteiger partial charge >= 0.3 is 0 Å². The first-order valence-corrected chi connectivity index (χ1v) is 9.98. The Bertz CT molecular complexity index is 651. The lowest BCUT2D eigenvalue weighted by molar-refractivity contribution is 0.153. The molecule has 6 heteroatoms. The Balaban J connectivity index is 1.56. The smallest absolute Gasteiger partial charge is 0.194 e. The number of aliphatic imine (C=N–C) groups is 1. The number of hydrogen-bond donors (Lipinski definition) is 1. The summed E-state index contributed by atoms with van der Waals surface area (Å²) in [6.45, 7) is 9.30. The van der Waals surface area contributed by atoms with Crippen molar-refractivity contribution < 1.29 is 9.47 Å². The van der Waals surface area contributed by atoms with Crippen LogP contribution >= 0.6 is 0 Å². The maximum Gasteiger partial charge on any atom is 0.194 e. The van der Waals surface area contributed by atoms with E-state index in [-0.39, 0.29) is 0 Å². The molecule has 2 aliphatic heterocycles. The second-order valence-corrected chi connectivity index (χ2v) is 6.82. The lowest BCUT2D eigenvalue weighted by atomic mass is 10.1. The highest BCUT2D eigenvalue weighted by molar-refractivity contribution is 5.80. The minimum atomic E-state index is 0.754. The Labute approximate surface area is 162 Å². The Kier molecular flexibility index (Phi) is 7.39. The Morgan fingerprint density at radius 1 is 1.22 bits per heavy atom. The molecule has 0 bridgehead atoms. The molecule has 0 atom stereocenters. The number of ether oxygens (including phenoxy) is 2. The number of nitrogens with zero attached hydrogens (tertiary/aromatic N) is 3. The van der Waals surface area contributed by atoms with Crippen molar-refractivity contribution in [3.8, 4) is 5.75 Å². The van der Waals surface area contributed by atoms with Crippen molar-refractivity contribution in [3.05, 3.63) is 35.9 Å². The molecule has 1 N–H and O–H groups in total. The molecule has 0 spiro atoms. The first kappa shape index (κ1) is 19.5. The summed E-state index contributed by atoms with van der Waals surface area (Å²) in [5, 5.41) is 3.46. The summed E-state index contributed by atoms with van der Waals surface area (Å²) in [4.78, 5) is 9.63. The minimum Gasteiger partial charge on any atom is -0.495 e. The van der Waals surface area contributed by atoms with Gasteiger partial charge < -0.3 is 24.6 Å². The maximum atomic E-state index is 5.52. The van der Waals surface area contributed by atoms with Crippen molar-refractivity contribution in [1.82, 2.24) is 10.2 Å². The predicted octanol–water partition coefficient (Wildman–Crippen LogP) is 2.52. The van der Waals surface area contributed by atoms with E-state index < -0.39 is 0 Å². The molecule has 3 rings (SSSR count). The number of methoxy groups -OCH3 is 1. The molecule has 0 unspecified atom stereocenters. The number of rotatable bonds is 6. The van der Waals surface area contributed by atoms with Gasteiger partial charge in [0.2, 0.25) is 0 Å². The van der Waals surface area contributed by atoms with Crippen LogP contribution in [0, 0.1) is 0 Å². The average Bonchev–Trinajstić information content (AvgIpc) is 2.74. The van der Waals surface area contributed by atoms with E-state index in [1.54, 1.807) is 7.11 Å². The molecular formula is C21H32N4O2. The van der Waals surface area contributed by atoms with E-state index >= 15 is 0 Å². The van der Waals surface area contributed by atoms with Crippen LogP contribution in [0.2, 0.25) is 0 Å². The van der Waals surface area contributed by atoms with E-state index in [1.807, 2.05) is 12.1 Å². The van der Waals surface area contributed by atoms with Crippen molar-refractivity contribution in [2.75, 3.05) is 64.5 Å². The molecule has 6 nitrogen and oxygen atoms in total. The highest BCUT2D eigenvalue weighted by Gasteiger charge is 2.21. The van der Waals surface area contributed by atoms with E-state index in [4.69, 9.17) is 14.5 Å². The Morgan fingerprint density at radius 2 is 2.04 bits per heavy atom. The SMILES string of the molecule is CCNC(=NCCC1=CCOCC1)N1CCN(c2ccccc2OC)CC1. The van der Waals surface area contributed by atoms with Gasteiger partial charge in [0.05, 0.1) is 26.0 Å². The van der Waals surface area contributed by atoms with Gasteiger partial charge in [-0.1, -0.05) is 23.8 Å². The molecule has 0 saturated carbocycles. The van der Waals surface area contributed by atoms with Crippen molar-refractivity contribution in [2.24, 2.45) is 4.99 Å². The van der Waals surface area contributed by atoms with Crippen LogP contribution in [-0.2, 0) is 4.74 Å². The van der Waals surface area contributed by atoms with Crippen LogP contribution in [0.15, 0.2) is 40.9 Å². The molecule has 2 heterocycles. The quantitative estimate of drug-likeness (QED) is 0.472. The highest BCUT2D eigenvalue weighted by Crippen LogP contribution is 2.28. The molecule has 1 fully saturated rings. The standard InChI is InChI=1S/C21H32N4O2/c1-3-22-21(23-11-8-18-9-16-27-17-10-18)25-14-12-24(13-15-25)19-6-4-5-7-20(19)26-2/h4-7,9H,3,8,10-17H2,1-2H3,(H,22,23). The molecule has 148 valence electrons. The molecule has 0 aromatic heterocycles. The summed E-state index contributed by atoms with van der Waals surface area (Å²) < 4.78 is 10.9. The largest absolute Gasteiger partial charge is 0.495 e. The van der Waals surface area contributed by atoms with Gasteiger partial charge in [0.25, 0.3) is 0 Å². The summed E-state index contributed by atoms with van der Waals surface area (Å²) in [6.07, 6.45) is 4.28. The van der Waals surface area contributed by atoms with Gasteiger partial charge in [-0.2, -0.15) is 0 Å². The first-order chi connectivity index (χ1) is 13.3. The normalized spacial score (nSPS) is 18.3. The van der Waals surface area contributed by atoms with Crippen LogP contribution in [-0.4, -0.2) is 70.5 Å². The zero-order valence-corrected chi connectivity index (χ0v) is 16.6. The summed E-state index contributed by atoms with van der Waals surface area (Å²) in [7, 11) is 1.74. The number of hydrogen-bond acceptors (Lipinski definition) is 4. The maximum absolute atomic E-state index is 5.52. The molecular weight excluding hydrogens is 340 g/mol. The zero-order valence-electron chi connectivity index (χ0n) is 16.6. The zero-order chi connectivity index (χ0) is 18.9. The lowest BCUT2D eigenvalue weighted by Gasteiger charge is -2.38. The van der Waals surface area contributed by atoms with Gasteiger partial charge in [-0.05, 0) is 31.9 Å². The van der Waals surface area contributed by atoms with Crippen LogP contribution in [0.1, 0.15) is 19.8 Å². The molecule has 27 heavy (non-hydrogen) atoms. The fraction of sp³-hybridized carbons (Fsp3) is 0.571. The van der Waals surface area contributed by atoms with Gasteiger partial charge in [0.15, 0.2) is 5.96 Å². The van der Waals surface area contributed by atoms with E-state index in [1.165, 1.54) is 11.3 Å². The molecule has 1 aromatic carbocycles. The third-order valence-corrected chi connectivity index (χ3v) is 5.09. The number of piperazine rings is 1. The number of para-hydroxylation sites is 2. The van der Waals surface area contributed by atoms with Crippen molar-refractivity contribution >= 4 is 11.6 Å². The monoisotopic (exact) mass is 372 g/mol. The van der Waals surface area contributed by atoms with E-state index in [0.29, 0.717) is 0 Å². The second-order valence-electron chi connectivity index (χ2n) is 6.82. The number of nitrogens with one attached hydrogen (secondary N) is 1. The van der Waals surface area contributed by atoms with Gasteiger partial charge in [-0.3, -0.25) is 4.99 Å². The fourth-order valence-corrected chi connectivity index (χ4v) is 3.57. The molecule has 0 aliphatic carbocycles. The lowest BCUT2D eigenvalue weighted by Crippen LogP contribution is -2.52. The third-order valence-electron chi connectivity index (χ3n) is 5.09. The average molecular weight is 373 g/mol. The van der Waals surface area contributed by atoms with Crippen LogP contribution < -0.4 is 15.0 Å². The van der Waals surface area contributed by atoms with Crippen molar-refractivity contribution in [2.45, 2.75) is 19.8 Å². The van der Waals surface area contributed by atoms with E-state index in [9.17, 15) is 0 Å². The summed E-state index contributed by atoms with van der Waals surface area (Å²) >= 11 is 0. The summed E-state index contributed by atoms with van der Waals surface area (Å²) in [5.74, 6) is 1.97. The summed E-state index contributed by atoms with van der Waals surface area (Å²) in [6, 6.07) is 8.25. The summed E-state index contributed by atoms with van der Waals surface area (Å²) in [5.41, 5.74) is 2.65. The topological polar surface area (TPSA) is 49.3 Å². The molecule has 2 aliphatic rings. The Hall–Kier alpha value is -2.21. The molecule has 0 radical (unpaired) electrons. The molecule has 1 aromatic rings. The fourth-order valence-electron chi connectivity index (χ4n) is 3.57. The third kappa shape index (κ3) is 5.39. The van der Waals surface area contributed by atoms with Crippen LogP contribution in [0.25, 0.3) is 0 Å². The van der Waals surface area contributed by atoms with Crippen molar-refractivity contribution in [1.29, 1.82) is 0 Å². The number of anilines is 1. The predicted molar refractivity (Wildman–Crippen MR) is 111 cm³/mol. The van der Waals surface area contributed by atoms with Crippen LogP contribution in [0.4, 0.5) is 5.69 Å². The van der Waals surface area contributed by atoms with Crippen LogP contribution in [0.5, 0.6) is 5.75 Å². The van der Waals surface area contributed by atoms with Gasteiger partial charge in [-0.25, -0.2) is 0 Å². The van der Waals surface area contributed by atoms with Gasteiger partial charge in [0.1, 0.15) is 5.75 Å². The molecule has 1 saturated heterocycles. The molecule has 0 amide bonds.